The number of ether oxygens (including phenoxy) is 1. The SMILES string of the molecule is COCc1nc2c(N)nccc2s1. The second-order valence-electron chi connectivity index (χ2n) is 2.58. The number of anilines is 1. The highest BCUT2D eigenvalue weighted by atomic mass is 32.1. The summed E-state index contributed by atoms with van der Waals surface area (Å²) in [6.45, 7) is 0.527. The van der Waals surface area contributed by atoms with Gasteiger partial charge in [0.25, 0.3) is 0 Å². The van der Waals surface area contributed by atoms with Crippen LogP contribution in [0.25, 0.3) is 10.2 Å². The first-order valence-electron chi connectivity index (χ1n) is 3.80. The fourth-order valence-corrected chi connectivity index (χ4v) is 2.05. The normalized spacial score (nSPS) is 10.8. The van der Waals surface area contributed by atoms with Crippen LogP contribution in [-0.2, 0) is 11.3 Å². The molecule has 0 spiro atoms. The zero-order chi connectivity index (χ0) is 9.26. The number of aromatic nitrogens is 2. The van der Waals surface area contributed by atoms with E-state index in [0.29, 0.717) is 12.4 Å². The number of pyridine rings is 1. The molecule has 0 aliphatic rings. The summed E-state index contributed by atoms with van der Waals surface area (Å²) in [6, 6.07) is 1.91. The summed E-state index contributed by atoms with van der Waals surface area (Å²) in [5.41, 5.74) is 6.44. The van der Waals surface area contributed by atoms with Crippen molar-refractivity contribution in [2.24, 2.45) is 0 Å². The van der Waals surface area contributed by atoms with Gasteiger partial charge in [-0.3, -0.25) is 0 Å². The molecule has 2 rings (SSSR count). The molecule has 2 heterocycles. The Labute approximate surface area is 79.4 Å². The van der Waals surface area contributed by atoms with Gasteiger partial charge in [0.05, 0.1) is 11.3 Å². The van der Waals surface area contributed by atoms with Crippen LogP contribution in [-0.4, -0.2) is 17.1 Å². The number of nitrogen functional groups attached to an aromatic ring is 1. The highest BCUT2D eigenvalue weighted by Crippen LogP contribution is 2.24. The Morgan fingerprint density at radius 3 is 3.15 bits per heavy atom. The van der Waals surface area contributed by atoms with Crippen LogP contribution in [0.2, 0.25) is 0 Å². The summed E-state index contributed by atoms with van der Waals surface area (Å²) in [6.07, 6.45) is 1.69. The second kappa shape index (κ2) is 3.27. The van der Waals surface area contributed by atoms with Crippen LogP contribution in [0.1, 0.15) is 5.01 Å². The third-order valence-electron chi connectivity index (χ3n) is 1.65. The van der Waals surface area contributed by atoms with Gasteiger partial charge in [-0.1, -0.05) is 0 Å². The lowest BCUT2D eigenvalue weighted by Gasteiger charge is -1.90. The van der Waals surface area contributed by atoms with E-state index in [1.54, 1.807) is 24.6 Å². The molecule has 2 aromatic rings. The zero-order valence-electron chi connectivity index (χ0n) is 7.15. The first-order valence-corrected chi connectivity index (χ1v) is 4.61. The topological polar surface area (TPSA) is 61.0 Å². The Bertz CT molecular complexity index is 426. The Morgan fingerprint density at radius 2 is 2.46 bits per heavy atom. The molecule has 68 valence electrons. The van der Waals surface area contributed by atoms with Gasteiger partial charge < -0.3 is 10.5 Å². The maximum absolute atomic E-state index is 5.66. The maximum atomic E-state index is 5.66. The van der Waals surface area contributed by atoms with E-state index in [0.717, 1.165) is 15.2 Å². The van der Waals surface area contributed by atoms with Crippen molar-refractivity contribution in [3.8, 4) is 0 Å². The van der Waals surface area contributed by atoms with Gasteiger partial charge in [-0.25, -0.2) is 9.97 Å². The van der Waals surface area contributed by atoms with Crippen LogP contribution in [0.15, 0.2) is 12.3 Å². The van der Waals surface area contributed by atoms with E-state index in [1.807, 2.05) is 6.07 Å². The second-order valence-corrected chi connectivity index (χ2v) is 3.70. The Balaban J connectivity index is 2.55. The lowest BCUT2D eigenvalue weighted by Crippen LogP contribution is -1.90. The van der Waals surface area contributed by atoms with E-state index >= 15 is 0 Å². The number of thiazole rings is 1. The van der Waals surface area contributed by atoms with Crippen LogP contribution >= 0.6 is 11.3 Å². The van der Waals surface area contributed by atoms with E-state index in [9.17, 15) is 0 Å². The monoisotopic (exact) mass is 195 g/mol. The molecule has 5 heteroatoms. The molecule has 0 unspecified atom stereocenters. The minimum Gasteiger partial charge on any atom is -0.382 e. The lowest BCUT2D eigenvalue weighted by atomic mass is 10.4. The Hall–Kier alpha value is -1.20. The van der Waals surface area contributed by atoms with Crippen molar-refractivity contribution in [2.45, 2.75) is 6.61 Å². The molecule has 0 aliphatic carbocycles. The van der Waals surface area contributed by atoms with Gasteiger partial charge >= 0.3 is 0 Å². The number of rotatable bonds is 2. The average molecular weight is 195 g/mol. The van der Waals surface area contributed by atoms with Gasteiger partial charge in [-0.15, -0.1) is 11.3 Å². The maximum Gasteiger partial charge on any atom is 0.150 e. The van der Waals surface area contributed by atoms with Gasteiger partial charge in [0, 0.05) is 13.3 Å². The summed E-state index contributed by atoms with van der Waals surface area (Å²) in [5, 5.41) is 0.928. The Morgan fingerprint density at radius 1 is 1.62 bits per heavy atom. The van der Waals surface area contributed by atoms with Crippen molar-refractivity contribution in [3.05, 3.63) is 17.3 Å². The molecular weight excluding hydrogens is 186 g/mol. The van der Waals surface area contributed by atoms with Crippen LogP contribution < -0.4 is 5.73 Å². The van der Waals surface area contributed by atoms with E-state index in [1.165, 1.54) is 0 Å². The summed E-state index contributed by atoms with van der Waals surface area (Å²) in [7, 11) is 1.65. The minimum absolute atomic E-state index is 0.483. The van der Waals surface area contributed by atoms with E-state index < -0.39 is 0 Å². The average Bonchev–Trinajstić information content (AvgIpc) is 2.49. The first-order chi connectivity index (χ1) is 6.31. The molecule has 0 atom stereocenters. The van der Waals surface area contributed by atoms with Gasteiger partial charge in [0.15, 0.2) is 5.82 Å². The van der Waals surface area contributed by atoms with Gasteiger partial charge in [0.2, 0.25) is 0 Å². The smallest absolute Gasteiger partial charge is 0.150 e. The van der Waals surface area contributed by atoms with Crippen LogP contribution in [0.3, 0.4) is 0 Å². The molecule has 2 N–H and O–H groups in total. The van der Waals surface area contributed by atoms with Gasteiger partial charge in [-0.2, -0.15) is 0 Å². The quantitative estimate of drug-likeness (QED) is 0.787. The van der Waals surface area contributed by atoms with Crippen molar-refractivity contribution in [3.63, 3.8) is 0 Å². The summed E-state index contributed by atoms with van der Waals surface area (Å²) >= 11 is 1.58. The fourth-order valence-electron chi connectivity index (χ4n) is 1.11. The summed E-state index contributed by atoms with van der Waals surface area (Å²) < 4.78 is 6.04. The third kappa shape index (κ3) is 1.48. The van der Waals surface area contributed by atoms with Crippen molar-refractivity contribution >= 4 is 27.4 Å². The summed E-state index contributed by atoms with van der Waals surface area (Å²) in [5.74, 6) is 0.483. The number of methoxy groups -OCH3 is 1. The first kappa shape index (κ1) is 8.40. The molecule has 0 radical (unpaired) electrons. The highest BCUT2D eigenvalue weighted by Gasteiger charge is 2.05. The molecule has 13 heavy (non-hydrogen) atoms. The molecule has 0 bridgehead atoms. The molecule has 0 saturated carbocycles. The molecule has 0 amide bonds. The Kier molecular flexibility index (Phi) is 2.12. The van der Waals surface area contributed by atoms with Crippen molar-refractivity contribution in [1.82, 2.24) is 9.97 Å². The summed E-state index contributed by atoms with van der Waals surface area (Å²) in [4.78, 5) is 8.27. The van der Waals surface area contributed by atoms with Gasteiger partial charge in [0.1, 0.15) is 10.5 Å². The highest BCUT2D eigenvalue weighted by molar-refractivity contribution is 7.18. The minimum atomic E-state index is 0.483. The van der Waals surface area contributed by atoms with Gasteiger partial charge in [-0.05, 0) is 6.07 Å². The van der Waals surface area contributed by atoms with Crippen LogP contribution in [0.4, 0.5) is 5.82 Å². The standard InChI is InChI=1S/C8H9N3OS/c1-12-4-6-11-7-5(13-6)2-3-10-8(7)9/h2-3H,4H2,1H3,(H2,9,10). The zero-order valence-corrected chi connectivity index (χ0v) is 7.97. The van der Waals surface area contributed by atoms with E-state index in [4.69, 9.17) is 10.5 Å². The number of nitrogens with two attached hydrogens (primary N) is 1. The number of hydrogen-bond donors (Lipinski definition) is 1. The predicted molar refractivity (Wildman–Crippen MR) is 52.5 cm³/mol. The molecule has 0 aromatic carbocycles. The number of nitrogens with zero attached hydrogens (tertiary/aromatic N) is 2. The third-order valence-corrected chi connectivity index (χ3v) is 2.64. The van der Waals surface area contributed by atoms with Crippen molar-refractivity contribution < 1.29 is 4.74 Å². The van der Waals surface area contributed by atoms with E-state index in [-0.39, 0.29) is 0 Å². The van der Waals surface area contributed by atoms with E-state index in [2.05, 4.69) is 9.97 Å². The molecule has 2 aromatic heterocycles. The molecule has 0 aliphatic heterocycles. The fraction of sp³-hybridized carbons (Fsp3) is 0.250. The lowest BCUT2D eigenvalue weighted by molar-refractivity contribution is 0.185. The number of hydrogen-bond acceptors (Lipinski definition) is 5. The van der Waals surface area contributed by atoms with Crippen LogP contribution in [0.5, 0.6) is 0 Å². The molecule has 0 saturated heterocycles. The molecular formula is C8H9N3OS. The molecule has 4 nitrogen and oxygen atoms in total. The predicted octanol–water partition coefficient (Wildman–Crippen LogP) is 1.42. The number of fused-ring (bicyclic) bond motifs is 1. The van der Waals surface area contributed by atoms with Crippen molar-refractivity contribution in [2.75, 3.05) is 12.8 Å². The van der Waals surface area contributed by atoms with Crippen LogP contribution in [0, 0.1) is 0 Å². The van der Waals surface area contributed by atoms with Crippen molar-refractivity contribution in [1.29, 1.82) is 0 Å². The molecule has 0 fully saturated rings. The largest absolute Gasteiger partial charge is 0.382 e.